The molecule has 0 aromatic heterocycles. The van der Waals surface area contributed by atoms with Crippen LogP contribution in [0, 0.1) is 18.8 Å². The summed E-state index contributed by atoms with van der Waals surface area (Å²) in [6.07, 6.45) is 5.76. The van der Waals surface area contributed by atoms with E-state index in [9.17, 15) is 32.4 Å². The highest BCUT2D eigenvalue weighted by molar-refractivity contribution is 7.91. The number of carbonyl (C=O) groups excluding carboxylic acids is 5. The lowest BCUT2D eigenvalue weighted by atomic mass is 9.80. The smallest absolute Gasteiger partial charge is 0.408 e. The van der Waals surface area contributed by atoms with E-state index < -0.39 is 75.1 Å². The molecule has 2 aliphatic rings. The van der Waals surface area contributed by atoms with Crippen LogP contribution in [0.2, 0.25) is 0 Å². The number of hydrogen-bond acceptors (Lipinski definition) is 11. The van der Waals surface area contributed by atoms with E-state index in [0.29, 0.717) is 12.3 Å². The number of benzene rings is 1. The van der Waals surface area contributed by atoms with Gasteiger partial charge in [-0.3, -0.25) is 14.4 Å². The molecule has 0 aliphatic heterocycles. The minimum absolute atomic E-state index is 0. The highest BCUT2D eigenvalue weighted by atomic mass is 32.2. The van der Waals surface area contributed by atoms with Crippen LogP contribution in [0.25, 0.3) is 0 Å². The van der Waals surface area contributed by atoms with E-state index in [1.54, 1.807) is 53.7 Å². The van der Waals surface area contributed by atoms with E-state index in [-0.39, 0.29) is 18.2 Å². The summed E-state index contributed by atoms with van der Waals surface area (Å²) in [7, 11) is -3.81. The molecule has 4 N–H and O–H groups in total. The first-order chi connectivity index (χ1) is 24.4. The van der Waals surface area contributed by atoms with Gasteiger partial charge in [0.25, 0.3) is 11.9 Å². The Morgan fingerprint density at radius 1 is 0.833 bits per heavy atom. The fourth-order valence-corrected chi connectivity index (χ4v) is 6.14. The van der Waals surface area contributed by atoms with Crippen molar-refractivity contribution in [1.82, 2.24) is 16.0 Å². The Kier molecular flexibility index (Phi) is 21.1. The summed E-state index contributed by atoms with van der Waals surface area (Å²) in [4.78, 5) is 68.4. The standard InChI is InChI=1S/C23H34N2O7S.C12H21NO3.C2H4O2.CH4/c1-15-9-11-18(12-10-15)33(29,30)14-24-21(27)20(31-16(2)26)19(13-17-7-6-8-17)25-22(28)32-23(3,4)5;1-12(2,3)16-11(15)13-10(8-14)7-9-5-4-6-9;1-2(3)4;/h9-12,17,19-20H,6-8,13-14H2,1-5H3,(H,24,27)(H,25,28);8-10H,4-7H2,1-3H3,(H,13,15);1H3,(H,3,4);1H4. The summed E-state index contributed by atoms with van der Waals surface area (Å²) in [5.74, 6) is -2.19. The Morgan fingerprint density at radius 2 is 1.28 bits per heavy atom. The second-order valence-electron chi connectivity index (χ2n) is 15.4. The zero-order valence-corrected chi connectivity index (χ0v) is 33.3. The Morgan fingerprint density at radius 3 is 1.67 bits per heavy atom. The molecule has 15 nitrogen and oxygen atoms in total. The lowest BCUT2D eigenvalue weighted by Crippen LogP contribution is -2.54. The van der Waals surface area contributed by atoms with Gasteiger partial charge in [-0.15, -0.1) is 0 Å². The molecule has 2 aliphatic carbocycles. The van der Waals surface area contributed by atoms with E-state index in [0.717, 1.165) is 51.4 Å². The molecular weight excluding hydrogens is 722 g/mol. The number of carboxylic acids is 1. The van der Waals surface area contributed by atoms with Gasteiger partial charge in [-0.25, -0.2) is 18.0 Å². The van der Waals surface area contributed by atoms with Crippen molar-refractivity contribution >= 4 is 46.2 Å². The number of hydrogen-bond donors (Lipinski definition) is 4. The molecule has 3 amide bonds. The van der Waals surface area contributed by atoms with Gasteiger partial charge in [-0.1, -0.05) is 63.6 Å². The highest BCUT2D eigenvalue weighted by Gasteiger charge is 2.37. The number of sulfone groups is 1. The van der Waals surface area contributed by atoms with Crippen molar-refractivity contribution < 1.29 is 56.5 Å². The van der Waals surface area contributed by atoms with Crippen LogP contribution in [-0.2, 0) is 43.2 Å². The van der Waals surface area contributed by atoms with E-state index in [2.05, 4.69) is 16.0 Å². The summed E-state index contributed by atoms with van der Waals surface area (Å²) in [5, 5.41) is 15.0. The number of alkyl carbamates (subject to hydrolysis) is 2. The summed E-state index contributed by atoms with van der Waals surface area (Å²) < 4.78 is 40.9. The molecule has 2 fully saturated rings. The van der Waals surface area contributed by atoms with Crippen molar-refractivity contribution in [3.05, 3.63) is 29.8 Å². The maximum Gasteiger partial charge on any atom is 0.408 e. The van der Waals surface area contributed by atoms with Crippen molar-refractivity contribution in [2.75, 3.05) is 5.88 Å². The van der Waals surface area contributed by atoms with Crippen LogP contribution in [0.4, 0.5) is 9.59 Å². The van der Waals surface area contributed by atoms with Gasteiger partial charge >= 0.3 is 18.2 Å². The molecule has 3 unspecified atom stereocenters. The number of aldehydes is 1. The van der Waals surface area contributed by atoms with Crippen molar-refractivity contribution in [1.29, 1.82) is 0 Å². The van der Waals surface area contributed by atoms with Crippen LogP contribution in [0.1, 0.15) is 120 Å². The van der Waals surface area contributed by atoms with E-state index in [4.69, 9.17) is 24.1 Å². The zero-order valence-electron chi connectivity index (χ0n) is 32.5. The van der Waals surface area contributed by atoms with Gasteiger partial charge in [0.1, 0.15) is 23.4 Å². The first kappa shape index (κ1) is 49.8. The lowest BCUT2D eigenvalue weighted by molar-refractivity contribution is -0.156. The third-order valence-electron chi connectivity index (χ3n) is 7.93. The molecule has 1 aromatic carbocycles. The van der Waals surface area contributed by atoms with Gasteiger partial charge in [-0.05, 0) is 85.3 Å². The summed E-state index contributed by atoms with van der Waals surface area (Å²) in [5.41, 5.74) is -0.375. The second-order valence-corrected chi connectivity index (χ2v) is 17.4. The molecular formula is C38H63N3O12S. The van der Waals surface area contributed by atoms with Crippen LogP contribution < -0.4 is 16.0 Å². The van der Waals surface area contributed by atoms with Crippen molar-refractivity contribution in [2.24, 2.45) is 11.8 Å². The molecule has 3 rings (SSSR count). The lowest BCUT2D eigenvalue weighted by Gasteiger charge is -2.33. The Bertz CT molecular complexity index is 1470. The number of rotatable bonds is 13. The summed E-state index contributed by atoms with van der Waals surface area (Å²) in [6.45, 7) is 14.6. The quantitative estimate of drug-likeness (QED) is 0.105. The molecule has 54 heavy (non-hydrogen) atoms. The molecule has 0 bridgehead atoms. The molecule has 0 saturated heterocycles. The first-order valence-electron chi connectivity index (χ1n) is 17.8. The largest absolute Gasteiger partial charge is 0.481 e. The summed E-state index contributed by atoms with van der Waals surface area (Å²) in [6, 6.07) is 4.98. The van der Waals surface area contributed by atoms with Crippen molar-refractivity contribution in [3.8, 4) is 0 Å². The van der Waals surface area contributed by atoms with Crippen LogP contribution in [0.5, 0.6) is 0 Å². The molecule has 3 atom stereocenters. The zero-order chi connectivity index (χ0) is 40.6. The van der Waals surface area contributed by atoms with Gasteiger partial charge in [0.15, 0.2) is 15.9 Å². The molecule has 0 spiro atoms. The van der Waals surface area contributed by atoms with E-state index >= 15 is 0 Å². The number of ether oxygens (including phenoxy) is 3. The van der Waals surface area contributed by atoms with E-state index in [1.165, 1.54) is 31.4 Å². The average Bonchev–Trinajstić information content (AvgIpc) is 2.95. The van der Waals surface area contributed by atoms with Crippen LogP contribution in [0.3, 0.4) is 0 Å². The molecule has 16 heteroatoms. The Hall–Kier alpha value is -4.21. The van der Waals surface area contributed by atoms with Crippen molar-refractivity contribution in [3.63, 3.8) is 0 Å². The van der Waals surface area contributed by atoms with Crippen molar-refractivity contribution in [2.45, 2.75) is 155 Å². The van der Waals surface area contributed by atoms with Crippen LogP contribution >= 0.6 is 0 Å². The van der Waals surface area contributed by atoms with Gasteiger partial charge in [0.05, 0.1) is 17.0 Å². The Balaban J connectivity index is 0.00000111. The first-order valence-corrected chi connectivity index (χ1v) is 19.4. The third kappa shape index (κ3) is 21.5. The predicted octanol–water partition coefficient (Wildman–Crippen LogP) is 5.85. The fourth-order valence-electron chi connectivity index (χ4n) is 5.09. The topological polar surface area (TPSA) is 221 Å². The average molecular weight is 786 g/mol. The number of carboxylic acid groups (broad SMARTS) is 1. The minimum Gasteiger partial charge on any atom is -0.481 e. The van der Waals surface area contributed by atoms with Gasteiger partial charge in [-0.2, -0.15) is 0 Å². The fraction of sp³-hybridized carbons (Fsp3) is 0.684. The van der Waals surface area contributed by atoms with Gasteiger partial charge in [0, 0.05) is 13.8 Å². The minimum atomic E-state index is -3.81. The maximum absolute atomic E-state index is 13.0. The molecule has 308 valence electrons. The van der Waals surface area contributed by atoms with Crippen LogP contribution in [-0.4, -0.2) is 85.1 Å². The number of aryl methyl sites for hydroxylation is 1. The van der Waals surface area contributed by atoms with Gasteiger partial charge < -0.3 is 40.1 Å². The molecule has 1 aromatic rings. The van der Waals surface area contributed by atoms with E-state index in [1.807, 2.05) is 6.92 Å². The number of amides is 3. The maximum atomic E-state index is 13.0. The summed E-state index contributed by atoms with van der Waals surface area (Å²) >= 11 is 0. The number of esters is 1. The van der Waals surface area contributed by atoms with Gasteiger partial charge in [0.2, 0.25) is 0 Å². The monoisotopic (exact) mass is 785 g/mol. The number of aliphatic carboxylic acids is 1. The van der Waals surface area contributed by atoms with Crippen LogP contribution in [0.15, 0.2) is 29.2 Å². The molecule has 0 heterocycles. The normalized spacial score (nSPS) is 15.8. The molecule has 0 radical (unpaired) electrons. The second kappa shape index (κ2) is 22.9. The molecule has 2 saturated carbocycles. The predicted molar refractivity (Wildman–Crippen MR) is 203 cm³/mol. The number of nitrogens with one attached hydrogen (secondary N) is 3. The number of carbonyl (C=O) groups is 6. The Labute approximate surface area is 320 Å². The third-order valence-corrected chi connectivity index (χ3v) is 9.44. The highest BCUT2D eigenvalue weighted by Crippen LogP contribution is 2.32. The SMILES string of the molecule is C.CC(=O)O.CC(=O)OC(C(=O)NCS(=O)(=O)c1ccc(C)cc1)C(CC1CCC1)NC(=O)OC(C)(C)C.CC(C)(C)OC(=O)NC(C=O)CC1CCC1.